The van der Waals surface area contributed by atoms with E-state index < -0.39 is 0 Å². The first-order valence-electron chi connectivity index (χ1n) is 9.39. The van der Waals surface area contributed by atoms with Gasteiger partial charge in [-0.3, -0.25) is 4.79 Å². The zero-order valence-corrected chi connectivity index (χ0v) is 17.1. The van der Waals surface area contributed by atoms with Crippen molar-refractivity contribution < 1.29 is 9.53 Å². The third kappa shape index (κ3) is 4.30. The maximum Gasteiger partial charge on any atom is 0.221 e. The molecule has 4 rings (SSSR count). The van der Waals surface area contributed by atoms with Gasteiger partial charge in [0.1, 0.15) is 17.6 Å². The Morgan fingerprint density at radius 2 is 2.00 bits per heavy atom. The van der Waals surface area contributed by atoms with E-state index in [2.05, 4.69) is 21.4 Å². The van der Waals surface area contributed by atoms with Gasteiger partial charge in [-0.1, -0.05) is 24.3 Å². The van der Waals surface area contributed by atoms with Crippen molar-refractivity contribution in [3.8, 4) is 5.75 Å². The summed E-state index contributed by atoms with van der Waals surface area (Å²) in [5.74, 6) is 1.52. The largest absolute Gasteiger partial charge is 0.497 e. The molecule has 2 aromatic carbocycles. The maximum atomic E-state index is 12.7. The molecule has 2 heterocycles. The van der Waals surface area contributed by atoms with Crippen molar-refractivity contribution in [2.24, 2.45) is 7.05 Å². The van der Waals surface area contributed by atoms with E-state index in [-0.39, 0.29) is 11.9 Å². The van der Waals surface area contributed by atoms with Gasteiger partial charge in [-0.15, -0.1) is 11.3 Å². The van der Waals surface area contributed by atoms with E-state index in [4.69, 9.17) is 4.74 Å². The van der Waals surface area contributed by atoms with Crippen LogP contribution in [0, 0.1) is 0 Å². The van der Waals surface area contributed by atoms with Gasteiger partial charge in [0.2, 0.25) is 5.91 Å². The molecule has 148 valence electrons. The molecule has 0 aliphatic rings. The molecule has 2 aromatic heterocycles. The molecule has 1 N–H and O–H groups in total. The number of ether oxygens (including phenoxy) is 1. The molecular formula is C22H22N4O2S. The predicted octanol–water partition coefficient (Wildman–Crippen LogP) is 3.88. The van der Waals surface area contributed by atoms with Crippen LogP contribution in [0.4, 0.5) is 0 Å². The number of rotatable bonds is 7. The lowest BCUT2D eigenvalue weighted by Crippen LogP contribution is -2.31. The Labute approximate surface area is 173 Å². The van der Waals surface area contributed by atoms with Gasteiger partial charge in [0, 0.05) is 32.3 Å². The highest BCUT2D eigenvalue weighted by Gasteiger charge is 2.21. The number of benzene rings is 2. The summed E-state index contributed by atoms with van der Waals surface area (Å²) in [6.45, 7) is 0. The summed E-state index contributed by atoms with van der Waals surface area (Å²) in [5.41, 5.74) is 1.94. The molecule has 1 amide bonds. The topological polar surface area (TPSA) is 69.0 Å². The number of hydrogen-bond donors (Lipinski definition) is 1. The van der Waals surface area contributed by atoms with Crippen molar-refractivity contribution in [3.05, 3.63) is 77.3 Å². The van der Waals surface area contributed by atoms with Crippen molar-refractivity contribution in [1.82, 2.24) is 19.9 Å². The summed E-state index contributed by atoms with van der Waals surface area (Å²) in [4.78, 5) is 21.8. The number of aromatic nitrogens is 3. The number of fused-ring (bicyclic) bond motifs is 1. The van der Waals surface area contributed by atoms with Crippen molar-refractivity contribution in [1.29, 1.82) is 0 Å². The summed E-state index contributed by atoms with van der Waals surface area (Å²) in [7, 11) is 3.56. The monoisotopic (exact) mass is 406 g/mol. The van der Waals surface area contributed by atoms with Crippen molar-refractivity contribution in [3.63, 3.8) is 0 Å². The predicted molar refractivity (Wildman–Crippen MR) is 114 cm³/mol. The number of nitrogens with zero attached hydrogens (tertiary/aromatic N) is 3. The summed E-state index contributed by atoms with van der Waals surface area (Å²) < 4.78 is 8.31. The number of amides is 1. The second-order valence-electron chi connectivity index (χ2n) is 6.75. The summed E-state index contributed by atoms with van der Waals surface area (Å²) in [6, 6.07) is 15.4. The third-order valence-electron chi connectivity index (χ3n) is 4.78. The van der Waals surface area contributed by atoms with E-state index in [1.54, 1.807) is 24.6 Å². The molecule has 0 fully saturated rings. The molecule has 29 heavy (non-hydrogen) atoms. The first kappa shape index (κ1) is 19.1. The highest BCUT2D eigenvalue weighted by atomic mass is 32.1. The minimum absolute atomic E-state index is 0.0342. The number of nitrogens with one attached hydrogen (secondary N) is 1. The molecule has 0 aliphatic carbocycles. The minimum atomic E-state index is -0.330. The number of hydrogen-bond acceptors (Lipinski definition) is 5. The number of methoxy groups -OCH3 is 1. The third-order valence-corrected chi connectivity index (χ3v) is 5.87. The van der Waals surface area contributed by atoms with Crippen LogP contribution in [-0.2, 0) is 18.3 Å². The lowest BCUT2D eigenvalue weighted by molar-refractivity contribution is -0.121. The number of imidazole rings is 1. The van der Waals surface area contributed by atoms with Gasteiger partial charge < -0.3 is 14.6 Å². The van der Waals surface area contributed by atoms with Crippen LogP contribution in [0.25, 0.3) is 10.2 Å². The molecule has 0 spiro atoms. The van der Waals surface area contributed by atoms with Gasteiger partial charge in [0.15, 0.2) is 0 Å². The van der Waals surface area contributed by atoms with Crippen molar-refractivity contribution in [2.45, 2.75) is 18.9 Å². The van der Waals surface area contributed by atoms with Crippen molar-refractivity contribution in [2.75, 3.05) is 7.11 Å². The molecule has 1 unspecified atom stereocenters. The number of carbonyl (C=O) groups excluding carboxylic acids is 1. The smallest absolute Gasteiger partial charge is 0.221 e. The fourth-order valence-electron chi connectivity index (χ4n) is 3.23. The van der Waals surface area contributed by atoms with E-state index in [1.165, 1.54) is 0 Å². The van der Waals surface area contributed by atoms with Gasteiger partial charge >= 0.3 is 0 Å². The second kappa shape index (κ2) is 8.45. The normalized spacial score (nSPS) is 12.1. The Balaban J connectivity index is 1.49. The van der Waals surface area contributed by atoms with E-state index in [1.807, 2.05) is 60.3 Å². The second-order valence-corrected chi connectivity index (χ2v) is 7.86. The van der Waals surface area contributed by atoms with Crippen molar-refractivity contribution >= 4 is 27.5 Å². The van der Waals surface area contributed by atoms with Crippen LogP contribution in [0.1, 0.15) is 28.9 Å². The van der Waals surface area contributed by atoms with Crippen LogP contribution in [-0.4, -0.2) is 27.6 Å². The van der Waals surface area contributed by atoms with Gasteiger partial charge in [0.05, 0.1) is 22.3 Å². The Morgan fingerprint density at radius 3 is 2.69 bits per heavy atom. The van der Waals surface area contributed by atoms with Gasteiger partial charge in [0.25, 0.3) is 0 Å². The van der Waals surface area contributed by atoms with Gasteiger partial charge in [-0.05, 0) is 29.8 Å². The van der Waals surface area contributed by atoms with Gasteiger partial charge in [-0.2, -0.15) is 0 Å². The van der Waals surface area contributed by atoms with Crippen LogP contribution in [0.2, 0.25) is 0 Å². The average Bonchev–Trinajstić information content (AvgIpc) is 3.36. The summed E-state index contributed by atoms with van der Waals surface area (Å²) >= 11 is 1.64. The molecule has 0 saturated carbocycles. The molecular weight excluding hydrogens is 384 g/mol. The average molecular weight is 407 g/mol. The fraction of sp³-hybridized carbons (Fsp3) is 0.227. The number of carbonyl (C=O) groups is 1. The van der Waals surface area contributed by atoms with E-state index in [0.29, 0.717) is 12.8 Å². The zero-order chi connectivity index (χ0) is 20.2. The van der Waals surface area contributed by atoms with Crippen LogP contribution in [0.15, 0.2) is 60.9 Å². The zero-order valence-electron chi connectivity index (χ0n) is 16.3. The molecule has 6 nitrogen and oxygen atoms in total. The number of aryl methyl sites for hydroxylation is 2. The lowest BCUT2D eigenvalue weighted by atomic mass is 10.1. The van der Waals surface area contributed by atoms with Crippen LogP contribution >= 0.6 is 11.3 Å². The molecule has 7 heteroatoms. The summed E-state index contributed by atoms with van der Waals surface area (Å²) in [6.07, 6.45) is 4.59. The molecule has 0 bridgehead atoms. The van der Waals surface area contributed by atoms with E-state index in [0.717, 1.165) is 32.4 Å². The highest BCUT2D eigenvalue weighted by Crippen LogP contribution is 2.24. The maximum absolute atomic E-state index is 12.7. The lowest BCUT2D eigenvalue weighted by Gasteiger charge is -2.19. The Morgan fingerprint density at radius 1 is 1.21 bits per heavy atom. The first-order chi connectivity index (χ1) is 14.1. The van der Waals surface area contributed by atoms with E-state index in [9.17, 15) is 4.79 Å². The molecule has 0 saturated heterocycles. The number of para-hydroxylation sites is 1. The standard InChI is InChI=1S/C22H22N4O2S/c1-26-14-13-23-22(26)21(15-7-9-16(28-2)10-8-15)25-19(27)11-12-20-24-17-5-3-4-6-18(17)29-20/h3-10,13-14,21H,11-12H2,1-2H3,(H,25,27). The number of thiazole rings is 1. The minimum Gasteiger partial charge on any atom is -0.497 e. The quantitative estimate of drug-likeness (QED) is 0.506. The molecule has 0 radical (unpaired) electrons. The fourth-order valence-corrected chi connectivity index (χ4v) is 4.20. The molecule has 1 atom stereocenters. The SMILES string of the molecule is COc1ccc(C(NC(=O)CCc2nc3ccccc3s2)c2nccn2C)cc1. The van der Waals surface area contributed by atoms with E-state index >= 15 is 0 Å². The Bertz CT molecular complexity index is 1080. The van der Waals surface area contributed by atoms with Crippen LogP contribution < -0.4 is 10.1 Å². The van der Waals surface area contributed by atoms with Crippen LogP contribution in [0.3, 0.4) is 0 Å². The Hall–Kier alpha value is -3.19. The van der Waals surface area contributed by atoms with Gasteiger partial charge in [-0.25, -0.2) is 9.97 Å². The highest BCUT2D eigenvalue weighted by molar-refractivity contribution is 7.18. The molecule has 4 aromatic rings. The summed E-state index contributed by atoms with van der Waals surface area (Å²) in [5, 5.41) is 4.10. The van der Waals surface area contributed by atoms with Crippen LogP contribution in [0.5, 0.6) is 5.75 Å². The Kier molecular flexibility index (Phi) is 5.57. The first-order valence-corrected chi connectivity index (χ1v) is 10.2. The molecule has 0 aliphatic heterocycles.